The summed E-state index contributed by atoms with van der Waals surface area (Å²) >= 11 is 12.2. The number of alkyl halides is 2. The molecule has 0 aliphatic carbocycles. The van der Waals surface area contributed by atoms with Crippen LogP contribution in [0, 0.1) is 0 Å². The molecule has 7 nitrogen and oxygen atoms in total. The van der Waals surface area contributed by atoms with Gasteiger partial charge in [-0.2, -0.15) is 0 Å². The molecule has 2 aliphatic heterocycles. The van der Waals surface area contributed by atoms with Crippen molar-refractivity contribution in [3.63, 3.8) is 0 Å². The number of nitrogens with zero attached hydrogens (tertiary/aromatic N) is 2. The Morgan fingerprint density at radius 1 is 0.950 bits per heavy atom. The average molecular weight is 349 g/mol. The van der Waals surface area contributed by atoms with E-state index in [0.717, 1.165) is 0 Å². The summed E-state index contributed by atoms with van der Waals surface area (Å²) in [4.78, 5) is 0. The normalized spacial score (nSPS) is 24.2. The van der Waals surface area contributed by atoms with Crippen molar-refractivity contribution >= 4 is 30.6 Å². The highest BCUT2D eigenvalue weighted by atomic mass is 35.5. The van der Waals surface area contributed by atoms with Crippen molar-refractivity contribution < 1.29 is 24.3 Å². The highest BCUT2D eigenvalue weighted by Gasteiger charge is 2.58. The van der Waals surface area contributed by atoms with Crippen LogP contribution in [0.25, 0.3) is 0 Å². The van der Waals surface area contributed by atoms with Crippen molar-refractivity contribution in [1.82, 2.24) is 9.34 Å². The SMILES string of the molecule is O=P(N1CCOCC1)(N1CCOCC1)C(Cl)(Cl)C(O)O. The Balaban J connectivity index is 2.33. The van der Waals surface area contributed by atoms with Crippen LogP contribution >= 0.6 is 30.6 Å². The fraction of sp³-hybridized carbons (Fsp3) is 1.00. The molecule has 0 amide bonds. The van der Waals surface area contributed by atoms with E-state index in [1.54, 1.807) is 9.34 Å². The summed E-state index contributed by atoms with van der Waals surface area (Å²) in [5.41, 5.74) is 0. The minimum Gasteiger partial charge on any atom is -0.379 e. The molecule has 10 heteroatoms. The van der Waals surface area contributed by atoms with E-state index < -0.39 is 17.8 Å². The summed E-state index contributed by atoms with van der Waals surface area (Å²) in [7, 11) is -3.59. The summed E-state index contributed by atoms with van der Waals surface area (Å²) in [6.45, 7) is 3.12. The van der Waals surface area contributed by atoms with Crippen molar-refractivity contribution in [3.8, 4) is 0 Å². The van der Waals surface area contributed by atoms with Crippen LogP contribution in [0.2, 0.25) is 0 Å². The van der Waals surface area contributed by atoms with Crippen LogP contribution in [0.15, 0.2) is 0 Å². The van der Waals surface area contributed by atoms with Crippen LogP contribution in [0.3, 0.4) is 0 Å². The minimum atomic E-state index is -3.59. The zero-order valence-corrected chi connectivity index (χ0v) is 13.4. The van der Waals surface area contributed by atoms with Gasteiger partial charge in [-0.3, -0.25) is 4.57 Å². The van der Waals surface area contributed by atoms with E-state index in [4.69, 9.17) is 32.7 Å². The molecule has 20 heavy (non-hydrogen) atoms. The fourth-order valence-electron chi connectivity index (χ4n) is 2.36. The molecule has 0 spiro atoms. The number of hydrogen-bond acceptors (Lipinski definition) is 5. The topological polar surface area (TPSA) is 82.5 Å². The van der Waals surface area contributed by atoms with E-state index >= 15 is 0 Å². The first-order valence-corrected chi connectivity index (χ1v) is 8.78. The third-order valence-electron chi connectivity index (χ3n) is 3.44. The standard InChI is InChI=1S/C10H19Cl2N2O5P/c11-10(12,9(15)16)20(17,13-1-5-18-6-2-13)14-3-7-19-8-4-14/h9,15-16H,1-8H2. The molecule has 0 bridgehead atoms. The zero-order chi connectivity index (χ0) is 14.8. The molecular formula is C10H19Cl2N2O5P. The molecule has 0 aromatic carbocycles. The maximum absolute atomic E-state index is 13.5. The number of halogens is 2. The third-order valence-corrected chi connectivity index (χ3v) is 8.49. The first-order valence-electron chi connectivity index (χ1n) is 6.41. The molecule has 0 saturated carbocycles. The summed E-state index contributed by atoms with van der Waals surface area (Å²) < 4.78 is 25.1. The minimum absolute atomic E-state index is 0.378. The van der Waals surface area contributed by atoms with E-state index in [2.05, 4.69) is 0 Å². The predicted molar refractivity (Wildman–Crippen MR) is 75.1 cm³/mol. The molecule has 118 valence electrons. The molecule has 0 unspecified atom stereocenters. The Morgan fingerprint density at radius 3 is 1.60 bits per heavy atom. The van der Waals surface area contributed by atoms with Gasteiger partial charge in [0.2, 0.25) is 4.07 Å². The smallest absolute Gasteiger partial charge is 0.257 e. The van der Waals surface area contributed by atoms with E-state index in [1.807, 2.05) is 0 Å². The maximum atomic E-state index is 13.5. The number of aliphatic hydroxyl groups excluding tert-OH is 1. The molecule has 2 saturated heterocycles. The zero-order valence-electron chi connectivity index (χ0n) is 11.0. The highest BCUT2D eigenvalue weighted by Crippen LogP contribution is 2.68. The van der Waals surface area contributed by atoms with Crippen LogP contribution < -0.4 is 0 Å². The Morgan fingerprint density at radius 2 is 1.30 bits per heavy atom. The Kier molecular flexibility index (Phi) is 5.73. The predicted octanol–water partition coefficient (Wildman–Crippen LogP) is 0.286. The van der Waals surface area contributed by atoms with Crippen molar-refractivity contribution in [3.05, 3.63) is 0 Å². The highest BCUT2D eigenvalue weighted by molar-refractivity contribution is 7.65. The lowest BCUT2D eigenvalue weighted by atomic mass is 10.5. The molecule has 2 aliphatic rings. The molecule has 2 fully saturated rings. The van der Waals surface area contributed by atoms with Gasteiger partial charge in [-0.15, -0.1) is 0 Å². The van der Waals surface area contributed by atoms with Crippen LogP contribution in [-0.4, -0.2) is 82.5 Å². The summed E-state index contributed by atoms with van der Waals surface area (Å²) in [5.74, 6) is 0. The van der Waals surface area contributed by atoms with E-state index in [-0.39, 0.29) is 0 Å². The lowest BCUT2D eigenvalue weighted by Crippen LogP contribution is -2.50. The number of morpholine rings is 2. The van der Waals surface area contributed by atoms with Gasteiger partial charge in [-0.25, -0.2) is 9.34 Å². The second-order valence-corrected chi connectivity index (χ2v) is 9.48. The first-order chi connectivity index (χ1) is 9.40. The summed E-state index contributed by atoms with van der Waals surface area (Å²) in [6.07, 6.45) is -2.11. The van der Waals surface area contributed by atoms with Crippen LogP contribution in [0.4, 0.5) is 0 Å². The van der Waals surface area contributed by atoms with E-state index in [9.17, 15) is 14.8 Å². The third kappa shape index (κ3) is 3.02. The van der Waals surface area contributed by atoms with Gasteiger partial charge < -0.3 is 19.7 Å². The Bertz CT molecular complexity index is 351. The van der Waals surface area contributed by atoms with Crippen molar-refractivity contribution in [1.29, 1.82) is 0 Å². The van der Waals surface area contributed by atoms with E-state index in [1.165, 1.54) is 0 Å². The van der Waals surface area contributed by atoms with Crippen LogP contribution in [0.1, 0.15) is 0 Å². The molecule has 2 N–H and O–H groups in total. The summed E-state index contributed by atoms with van der Waals surface area (Å²) in [5, 5.41) is 19.0. The Hall–Kier alpha value is 0.570. The fourth-order valence-corrected chi connectivity index (χ4v) is 6.46. The second kappa shape index (κ2) is 6.77. The second-order valence-electron chi connectivity index (χ2n) is 4.64. The number of ether oxygens (including phenoxy) is 2. The van der Waals surface area contributed by atoms with Gasteiger partial charge in [-0.1, -0.05) is 23.2 Å². The van der Waals surface area contributed by atoms with Crippen molar-refractivity contribution in [2.24, 2.45) is 0 Å². The summed E-state index contributed by atoms with van der Waals surface area (Å²) in [6, 6.07) is 0. The molecule has 2 rings (SSSR count). The number of hydrogen-bond donors (Lipinski definition) is 2. The van der Waals surface area contributed by atoms with Gasteiger partial charge in [0.15, 0.2) is 6.29 Å². The molecule has 0 radical (unpaired) electrons. The maximum Gasteiger partial charge on any atom is 0.257 e. The van der Waals surface area contributed by atoms with Gasteiger partial charge in [0.05, 0.1) is 26.4 Å². The molecule has 0 aromatic heterocycles. The Labute approximate surface area is 127 Å². The molecule has 0 atom stereocenters. The number of rotatable bonds is 4. The lowest BCUT2D eigenvalue weighted by Gasteiger charge is -2.47. The largest absolute Gasteiger partial charge is 0.379 e. The van der Waals surface area contributed by atoms with E-state index in [0.29, 0.717) is 52.6 Å². The van der Waals surface area contributed by atoms with Gasteiger partial charge in [-0.05, 0) is 0 Å². The van der Waals surface area contributed by atoms with Gasteiger partial charge >= 0.3 is 0 Å². The monoisotopic (exact) mass is 348 g/mol. The van der Waals surface area contributed by atoms with Gasteiger partial charge in [0.1, 0.15) is 0 Å². The molecular weight excluding hydrogens is 330 g/mol. The average Bonchev–Trinajstić information content (AvgIpc) is 2.48. The van der Waals surface area contributed by atoms with Crippen molar-refractivity contribution in [2.45, 2.75) is 10.4 Å². The lowest BCUT2D eigenvalue weighted by molar-refractivity contribution is -0.0406. The van der Waals surface area contributed by atoms with Crippen molar-refractivity contribution in [2.75, 3.05) is 52.6 Å². The first kappa shape index (κ1) is 16.9. The molecule has 0 aromatic rings. The quantitative estimate of drug-likeness (QED) is 0.429. The van der Waals surface area contributed by atoms with Crippen LogP contribution in [0.5, 0.6) is 0 Å². The molecule has 2 heterocycles. The number of aliphatic hydroxyl groups is 2. The van der Waals surface area contributed by atoms with Crippen LogP contribution in [-0.2, 0) is 14.0 Å². The van der Waals surface area contributed by atoms with Gasteiger partial charge in [0, 0.05) is 26.2 Å². The van der Waals surface area contributed by atoms with Gasteiger partial charge in [0.25, 0.3) is 7.44 Å².